The molecule has 6 nitrogen and oxygen atoms in total. The molecule has 0 aromatic heterocycles. The van der Waals surface area contributed by atoms with Crippen molar-refractivity contribution in [3.05, 3.63) is 59.1 Å². The minimum Gasteiger partial charge on any atom is -0.406 e. The van der Waals surface area contributed by atoms with E-state index in [9.17, 15) is 26.4 Å². The molecule has 0 atom stereocenters. The summed E-state index contributed by atoms with van der Waals surface area (Å²) < 4.78 is 66.3. The Bertz CT molecular complexity index is 919. The van der Waals surface area contributed by atoms with Gasteiger partial charge < -0.3 is 10.1 Å². The third-order valence-corrected chi connectivity index (χ3v) is 5.07. The summed E-state index contributed by atoms with van der Waals surface area (Å²) in [6.07, 6.45) is -4.36. The fourth-order valence-corrected chi connectivity index (χ4v) is 3.36. The molecule has 0 saturated carbocycles. The molecule has 2 N–H and O–H groups in total. The van der Waals surface area contributed by atoms with Crippen molar-refractivity contribution in [2.75, 3.05) is 13.1 Å². The van der Waals surface area contributed by atoms with Gasteiger partial charge in [-0.15, -0.1) is 13.2 Å². The Hall–Kier alpha value is -2.30. The van der Waals surface area contributed by atoms with Crippen molar-refractivity contribution in [3.8, 4) is 5.75 Å². The molecule has 152 valence electrons. The number of sulfonamides is 1. The van der Waals surface area contributed by atoms with Crippen LogP contribution in [-0.2, 0) is 21.2 Å². The van der Waals surface area contributed by atoms with Crippen LogP contribution in [0.25, 0.3) is 0 Å². The average molecular weight is 437 g/mol. The Morgan fingerprint density at radius 3 is 2.39 bits per heavy atom. The molecule has 0 aliphatic heterocycles. The van der Waals surface area contributed by atoms with Crippen LogP contribution < -0.4 is 14.8 Å². The zero-order valence-corrected chi connectivity index (χ0v) is 15.9. The van der Waals surface area contributed by atoms with Gasteiger partial charge in [0.1, 0.15) is 5.75 Å². The Labute approximate surface area is 164 Å². The van der Waals surface area contributed by atoms with Crippen molar-refractivity contribution >= 4 is 27.5 Å². The second kappa shape index (κ2) is 9.26. The van der Waals surface area contributed by atoms with Crippen molar-refractivity contribution < 1.29 is 31.1 Å². The number of rotatable bonds is 8. The van der Waals surface area contributed by atoms with Gasteiger partial charge in [-0.3, -0.25) is 4.79 Å². The Balaban J connectivity index is 1.82. The van der Waals surface area contributed by atoms with Crippen LogP contribution in [0.1, 0.15) is 5.56 Å². The molecule has 0 fully saturated rings. The lowest BCUT2D eigenvalue weighted by atomic mass is 10.1. The van der Waals surface area contributed by atoms with Crippen LogP contribution in [0.2, 0.25) is 5.02 Å². The highest BCUT2D eigenvalue weighted by atomic mass is 35.5. The van der Waals surface area contributed by atoms with Crippen LogP contribution in [0, 0.1) is 0 Å². The van der Waals surface area contributed by atoms with E-state index in [2.05, 4.69) is 14.8 Å². The van der Waals surface area contributed by atoms with Crippen LogP contribution in [0.4, 0.5) is 13.2 Å². The maximum absolute atomic E-state index is 12.1. The van der Waals surface area contributed by atoms with E-state index in [4.69, 9.17) is 11.6 Å². The predicted molar refractivity (Wildman–Crippen MR) is 96.5 cm³/mol. The minimum absolute atomic E-state index is 0.282. The molecule has 0 radical (unpaired) electrons. The highest BCUT2D eigenvalue weighted by Crippen LogP contribution is 2.23. The van der Waals surface area contributed by atoms with Gasteiger partial charge in [0.2, 0.25) is 15.9 Å². The standard InChI is InChI=1S/C17H16ClF3N2O4S/c18-13-3-1-2-12(10-13)8-9-22-16(24)11-23-28(25,26)15-6-4-14(5-7-15)27-17(19,20)21/h1-7,10,23H,8-9,11H2,(H,22,24). The second-order valence-electron chi connectivity index (χ2n) is 5.57. The highest BCUT2D eigenvalue weighted by molar-refractivity contribution is 7.89. The van der Waals surface area contributed by atoms with E-state index >= 15 is 0 Å². The first-order valence-corrected chi connectivity index (χ1v) is 9.78. The van der Waals surface area contributed by atoms with Crippen molar-refractivity contribution in [1.29, 1.82) is 0 Å². The van der Waals surface area contributed by atoms with Gasteiger partial charge in [-0.2, -0.15) is 0 Å². The van der Waals surface area contributed by atoms with Crippen LogP contribution in [0.15, 0.2) is 53.4 Å². The molecule has 1 amide bonds. The number of amides is 1. The largest absolute Gasteiger partial charge is 0.573 e. The van der Waals surface area contributed by atoms with Crippen molar-refractivity contribution in [3.63, 3.8) is 0 Å². The molecule has 0 unspecified atom stereocenters. The Morgan fingerprint density at radius 1 is 1.11 bits per heavy atom. The molecule has 2 aromatic rings. The van der Waals surface area contributed by atoms with Crippen LogP contribution in [-0.4, -0.2) is 33.8 Å². The molecule has 0 bridgehead atoms. The summed E-state index contributed by atoms with van der Waals surface area (Å²) in [5.74, 6) is -1.10. The summed E-state index contributed by atoms with van der Waals surface area (Å²) in [6, 6.07) is 10.7. The smallest absolute Gasteiger partial charge is 0.406 e. The number of benzene rings is 2. The molecule has 2 rings (SSSR count). The summed E-state index contributed by atoms with van der Waals surface area (Å²) in [5.41, 5.74) is 0.912. The number of hydrogen-bond donors (Lipinski definition) is 2. The summed E-state index contributed by atoms with van der Waals surface area (Å²) in [6.45, 7) is -0.233. The van der Waals surface area contributed by atoms with E-state index in [1.807, 2.05) is 6.07 Å². The molecule has 0 aliphatic rings. The highest BCUT2D eigenvalue weighted by Gasteiger charge is 2.31. The molecule has 0 saturated heterocycles. The van der Waals surface area contributed by atoms with E-state index in [-0.39, 0.29) is 11.4 Å². The molecule has 0 aliphatic carbocycles. The SMILES string of the molecule is O=C(CNS(=O)(=O)c1ccc(OC(F)(F)F)cc1)NCCc1cccc(Cl)c1. The maximum atomic E-state index is 12.1. The van der Waals surface area contributed by atoms with Crippen molar-refractivity contribution in [2.24, 2.45) is 0 Å². The van der Waals surface area contributed by atoms with Crippen molar-refractivity contribution in [2.45, 2.75) is 17.7 Å². The summed E-state index contributed by atoms with van der Waals surface area (Å²) in [7, 11) is -4.06. The number of ether oxygens (including phenoxy) is 1. The number of halogens is 4. The van der Waals surface area contributed by atoms with Gasteiger partial charge in [-0.1, -0.05) is 23.7 Å². The molecular formula is C17H16ClF3N2O4S. The molecule has 11 heteroatoms. The molecule has 28 heavy (non-hydrogen) atoms. The zero-order valence-electron chi connectivity index (χ0n) is 14.3. The number of hydrogen-bond acceptors (Lipinski definition) is 4. The van der Waals surface area contributed by atoms with Gasteiger partial charge in [0.15, 0.2) is 0 Å². The van der Waals surface area contributed by atoms with Crippen LogP contribution in [0.5, 0.6) is 5.75 Å². The van der Waals surface area contributed by atoms with Gasteiger partial charge in [-0.25, -0.2) is 13.1 Å². The van der Waals surface area contributed by atoms with Gasteiger partial charge >= 0.3 is 6.36 Å². The summed E-state index contributed by atoms with van der Waals surface area (Å²) in [5, 5.41) is 3.13. The monoisotopic (exact) mass is 436 g/mol. The fourth-order valence-electron chi connectivity index (χ4n) is 2.17. The topological polar surface area (TPSA) is 84.5 Å². The lowest BCUT2D eigenvalue weighted by Crippen LogP contribution is -2.37. The zero-order chi connectivity index (χ0) is 20.8. The number of alkyl halides is 3. The second-order valence-corrected chi connectivity index (χ2v) is 7.78. The lowest BCUT2D eigenvalue weighted by Gasteiger charge is -2.10. The molecule has 0 heterocycles. The third kappa shape index (κ3) is 7.37. The number of carbonyl (C=O) groups is 1. The third-order valence-electron chi connectivity index (χ3n) is 3.42. The normalized spacial score (nSPS) is 11.9. The van der Waals surface area contributed by atoms with E-state index < -0.39 is 34.6 Å². The molecule has 0 spiro atoms. The predicted octanol–water partition coefficient (Wildman–Crippen LogP) is 2.88. The first-order chi connectivity index (χ1) is 13.0. The Morgan fingerprint density at radius 2 is 1.79 bits per heavy atom. The lowest BCUT2D eigenvalue weighted by molar-refractivity contribution is -0.274. The van der Waals surface area contributed by atoms with E-state index in [0.29, 0.717) is 11.4 Å². The first kappa shape index (κ1) is 22.0. The average Bonchev–Trinajstić information content (AvgIpc) is 2.59. The molecule has 2 aromatic carbocycles. The van der Waals surface area contributed by atoms with Crippen LogP contribution in [0.3, 0.4) is 0 Å². The maximum Gasteiger partial charge on any atom is 0.573 e. The Kier molecular flexibility index (Phi) is 7.28. The number of carbonyl (C=O) groups excluding carboxylic acids is 1. The summed E-state index contributed by atoms with van der Waals surface area (Å²) >= 11 is 5.86. The fraction of sp³-hybridized carbons (Fsp3) is 0.235. The van der Waals surface area contributed by atoms with Gasteiger partial charge in [0.25, 0.3) is 0 Å². The summed E-state index contributed by atoms with van der Waals surface area (Å²) in [4.78, 5) is 11.5. The van der Waals surface area contributed by atoms with Crippen LogP contribution >= 0.6 is 11.6 Å². The van der Waals surface area contributed by atoms with Gasteiger partial charge in [-0.05, 0) is 48.4 Å². The quantitative estimate of drug-likeness (QED) is 0.666. The van der Waals surface area contributed by atoms with Crippen molar-refractivity contribution in [1.82, 2.24) is 10.0 Å². The van der Waals surface area contributed by atoms with E-state index in [1.165, 1.54) is 0 Å². The minimum atomic E-state index is -4.87. The first-order valence-electron chi connectivity index (χ1n) is 7.92. The molecular weight excluding hydrogens is 421 g/mol. The van der Waals surface area contributed by atoms with Gasteiger partial charge in [0, 0.05) is 11.6 Å². The van der Waals surface area contributed by atoms with Gasteiger partial charge in [0.05, 0.1) is 11.4 Å². The number of nitrogens with one attached hydrogen (secondary N) is 2. The van der Waals surface area contributed by atoms with E-state index in [1.54, 1.807) is 18.2 Å². The van der Waals surface area contributed by atoms with E-state index in [0.717, 1.165) is 29.8 Å².